The van der Waals surface area contributed by atoms with Crippen LogP contribution in [0.2, 0.25) is 5.02 Å². The highest BCUT2D eigenvalue weighted by Gasteiger charge is 2.19. The van der Waals surface area contributed by atoms with Crippen LogP contribution in [0.1, 0.15) is 24.3 Å². The maximum Gasteiger partial charge on any atom is 0.271 e. The van der Waals surface area contributed by atoms with Crippen LogP contribution in [-0.4, -0.2) is 48.6 Å². The molecule has 1 aliphatic rings. The first-order valence-electron chi connectivity index (χ1n) is 8.88. The van der Waals surface area contributed by atoms with Gasteiger partial charge < -0.3 is 15.1 Å². The Hall–Kier alpha value is -2.34. The van der Waals surface area contributed by atoms with E-state index in [0.29, 0.717) is 18.2 Å². The van der Waals surface area contributed by atoms with Gasteiger partial charge in [-0.1, -0.05) is 31.5 Å². The highest BCUT2D eigenvalue weighted by molar-refractivity contribution is 6.30. The van der Waals surface area contributed by atoms with Gasteiger partial charge in [-0.25, -0.2) is 9.97 Å². The molecule has 1 aliphatic heterocycles. The minimum atomic E-state index is -0.177. The number of rotatable bonds is 5. The summed E-state index contributed by atoms with van der Waals surface area (Å²) in [5, 5.41) is 3.61. The van der Waals surface area contributed by atoms with Crippen LogP contribution >= 0.6 is 11.6 Å². The lowest BCUT2D eigenvalue weighted by Gasteiger charge is -2.36. The van der Waals surface area contributed by atoms with Gasteiger partial charge in [-0.3, -0.25) is 4.79 Å². The number of anilines is 2. The van der Waals surface area contributed by atoms with Crippen LogP contribution in [0.15, 0.2) is 36.7 Å². The molecule has 0 aliphatic carbocycles. The van der Waals surface area contributed by atoms with Crippen molar-refractivity contribution in [2.75, 3.05) is 42.5 Å². The average molecular weight is 374 g/mol. The van der Waals surface area contributed by atoms with E-state index in [1.54, 1.807) is 12.4 Å². The monoisotopic (exact) mass is 373 g/mol. The molecule has 2 heterocycles. The summed E-state index contributed by atoms with van der Waals surface area (Å²) in [4.78, 5) is 25.2. The Morgan fingerprint density at radius 3 is 2.50 bits per heavy atom. The van der Waals surface area contributed by atoms with Gasteiger partial charge in [0.1, 0.15) is 11.5 Å². The number of piperazine rings is 1. The number of carbonyl (C=O) groups is 1. The second-order valence-electron chi connectivity index (χ2n) is 6.82. The molecule has 7 heteroatoms. The van der Waals surface area contributed by atoms with E-state index in [2.05, 4.69) is 45.0 Å². The number of carbonyl (C=O) groups excluding carboxylic acids is 1. The zero-order valence-corrected chi connectivity index (χ0v) is 15.9. The molecule has 138 valence electrons. The molecule has 0 saturated carbocycles. The predicted octanol–water partition coefficient (Wildman–Crippen LogP) is 2.84. The van der Waals surface area contributed by atoms with Crippen LogP contribution < -0.4 is 15.1 Å². The largest absolute Gasteiger partial charge is 0.368 e. The molecular formula is C19H24ClN5O. The van der Waals surface area contributed by atoms with E-state index < -0.39 is 0 Å². The van der Waals surface area contributed by atoms with E-state index >= 15 is 0 Å². The van der Waals surface area contributed by atoms with Gasteiger partial charge in [0.15, 0.2) is 0 Å². The zero-order valence-electron chi connectivity index (χ0n) is 15.2. The van der Waals surface area contributed by atoms with Crippen molar-refractivity contribution in [1.29, 1.82) is 0 Å². The van der Waals surface area contributed by atoms with E-state index in [-0.39, 0.29) is 5.91 Å². The highest BCUT2D eigenvalue weighted by Crippen LogP contribution is 2.22. The molecule has 3 rings (SSSR count). The molecule has 0 bridgehead atoms. The molecule has 0 unspecified atom stereocenters. The Morgan fingerprint density at radius 2 is 1.88 bits per heavy atom. The number of nitrogens with one attached hydrogen (secondary N) is 1. The lowest BCUT2D eigenvalue weighted by Crippen LogP contribution is -2.46. The fourth-order valence-corrected chi connectivity index (χ4v) is 3.04. The molecule has 1 saturated heterocycles. The number of hydrogen-bond acceptors (Lipinski definition) is 5. The summed E-state index contributed by atoms with van der Waals surface area (Å²) >= 11 is 6.08. The van der Waals surface area contributed by atoms with Crippen molar-refractivity contribution in [3.63, 3.8) is 0 Å². The van der Waals surface area contributed by atoms with Gasteiger partial charge in [-0.15, -0.1) is 0 Å². The van der Waals surface area contributed by atoms with Gasteiger partial charge in [-0.05, 0) is 24.1 Å². The van der Waals surface area contributed by atoms with Gasteiger partial charge in [0, 0.05) is 43.4 Å². The number of aromatic nitrogens is 2. The van der Waals surface area contributed by atoms with E-state index in [1.165, 1.54) is 0 Å². The fourth-order valence-electron chi connectivity index (χ4n) is 2.86. The van der Waals surface area contributed by atoms with Gasteiger partial charge in [0.25, 0.3) is 5.91 Å². The van der Waals surface area contributed by atoms with Gasteiger partial charge >= 0.3 is 0 Å². The summed E-state index contributed by atoms with van der Waals surface area (Å²) in [5.41, 5.74) is 1.49. The molecule has 6 nitrogen and oxygen atoms in total. The Balaban J connectivity index is 1.57. The molecule has 0 spiro atoms. The van der Waals surface area contributed by atoms with Crippen molar-refractivity contribution >= 4 is 29.0 Å². The Kier molecular flexibility index (Phi) is 5.93. The first kappa shape index (κ1) is 18.5. The summed E-state index contributed by atoms with van der Waals surface area (Å²) in [7, 11) is 0. The van der Waals surface area contributed by atoms with Crippen LogP contribution in [0.5, 0.6) is 0 Å². The third-order valence-electron chi connectivity index (χ3n) is 4.32. The van der Waals surface area contributed by atoms with Crippen molar-refractivity contribution < 1.29 is 4.79 Å². The number of halogens is 1. The van der Waals surface area contributed by atoms with Gasteiger partial charge in [0.2, 0.25) is 0 Å². The molecule has 26 heavy (non-hydrogen) atoms. The highest BCUT2D eigenvalue weighted by atomic mass is 35.5. The normalized spacial score (nSPS) is 14.6. The quantitative estimate of drug-likeness (QED) is 0.873. The van der Waals surface area contributed by atoms with Crippen molar-refractivity contribution in [1.82, 2.24) is 15.3 Å². The van der Waals surface area contributed by atoms with Crippen molar-refractivity contribution in [3.8, 4) is 0 Å². The topological polar surface area (TPSA) is 61.4 Å². The minimum absolute atomic E-state index is 0.177. The predicted molar refractivity (Wildman–Crippen MR) is 105 cm³/mol. The Morgan fingerprint density at radius 1 is 1.15 bits per heavy atom. The second-order valence-corrected chi connectivity index (χ2v) is 7.25. The van der Waals surface area contributed by atoms with Crippen LogP contribution in [0.25, 0.3) is 0 Å². The fraction of sp³-hybridized carbons (Fsp3) is 0.421. The SMILES string of the molecule is CC(C)CNC(=O)c1cnc(N2CCN(c3cccc(Cl)c3)CC2)cn1. The molecule has 0 radical (unpaired) electrons. The number of nitrogens with zero attached hydrogens (tertiary/aromatic N) is 4. The lowest BCUT2D eigenvalue weighted by molar-refractivity contribution is 0.0943. The van der Waals surface area contributed by atoms with E-state index in [9.17, 15) is 4.79 Å². The maximum absolute atomic E-state index is 12.0. The maximum atomic E-state index is 12.0. The molecule has 1 aromatic heterocycles. The van der Waals surface area contributed by atoms with Gasteiger partial charge in [0.05, 0.1) is 12.4 Å². The molecule has 1 N–H and O–H groups in total. The van der Waals surface area contributed by atoms with Crippen LogP contribution in [0, 0.1) is 5.92 Å². The first-order chi connectivity index (χ1) is 12.5. The zero-order chi connectivity index (χ0) is 18.5. The number of benzene rings is 1. The molecule has 1 fully saturated rings. The Bertz CT molecular complexity index is 742. The molecule has 2 aromatic rings. The van der Waals surface area contributed by atoms with E-state index in [4.69, 9.17) is 11.6 Å². The van der Waals surface area contributed by atoms with E-state index in [0.717, 1.165) is 42.7 Å². The third kappa shape index (κ3) is 4.64. The second kappa shape index (κ2) is 8.36. The average Bonchev–Trinajstić information content (AvgIpc) is 2.66. The minimum Gasteiger partial charge on any atom is -0.368 e. The molecule has 0 atom stereocenters. The summed E-state index contributed by atoms with van der Waals surface area (Å²) < 4.78 is 0. The van der Waals surface area contributed by atoms with Crippen molar-refractivity contribution in [2.45, 2.75) is 13.8 Å². The van der Waals surface area contributed by atoms with Crippen molar-refractivity contribution in [2.24, 2.45) is 5.92 Å². The third-order valence-corrected chi connectivity index (χ3v) is 4.55. The summed E-state index contributed by atoms with van der Waals surface area (Å²) in [6.07, 6.45) is 3.23. The van der Waals surface area contributed by atoms with Crippen LogP contribution in [-0.2, 0) is 0 Å². The smallest absolute Gasteiger partial charge is 0.271 e. The molecular weight excluding hydrogens is 350 g/mol. The Labute approximate surface area is 159 Å². The molecule has 1 aromatic carbocycles. The first-order valence-corrected chi connectivity index (χ1v) is 9.26. The summed E-state index contributed by atoms with van der Waals surface area (Å²) in [6.45, 7) is 8.21. The van der Waals surface area contributed by atoms with Crippen molar-refractivity contribution in [3.05, 3.63) is 47.4 Å². The van der Waals surface area contributed by atoms with Crippen LogP contribution in [0.4, 0.5) is 11.5 Å². The van der Waals surface area contributed by atoms with Crippen LogP contribution in [0.3, 0.4) is 0 Å². The molecule has 1 amide bonds. The summed E-state index contributed by atoms with van der Waals surface area (Å²) in [5.74, 6) is 1.03. The standard InChI is InChI=1S/C19H24ClN5O/c1-14(2)11-23-19(26)17-12-22-18(13-21-17)25-8-6-24(7-9-25)16-5-3-4-15(20)10-16/h3-5,10,12-14H,6-9,11H2,1-2H3,(H,23,26). The van der Waals surface area contributed by atoms with Gasteiger partial charge in [-0.2, -0.15) is 0 Å². The number of hydrogen-bond donors (Lipinski definition) is 1. The lowest BCUT2D eigenvalue weighted by atomic mass is 10.2. The van der Waals surface area contributed by atoms with E-state index in [1.807, 2.05) is 18.2 Å². The number of amides is 1. The summed E-state index contributed by atoms with van der Waals surface area (Å²) in [6, 6.07) is 7.92.